The van der Waals surface area contributed by atoms with E-state index in [1.165, 1.54) is 36.5 Å². The van der Waals surface area contributed by atoms with Gasteiger partial charge in [0.15, 0.2) is 5.41 Å². The van der Waals surface area contributed by atoms with E-state index in [1.807, 2.05) is 24.3 Å². The first-order chi connectivity index (χ1) is 14.6. The van der Waals surface area contributed by atoms with Gasteiger partial charge in [-0.25, -0.2) is 0 Å². The Bertz CT molecular complexity index is 986. The SMILES string of the molecule is COC(=O)C1(C(=O)OC)CC2=CCC(c3ccccc3)=C(c3ccccc3)CC2C1. The standard InChI is InChI=1S/C26H26O4/c1-29-24(27)26(25(28)30-2)16-20-13-14-22(18-9-5-3-6-10-18)23(15-21(20)17-26)19-11-7-4-8-12-19/h3-13,21H,14-17H2,1-2H3. The molecule has 2 aliphatic rings. The van der Waals surface area contributed by atoms with Gasteiger partial charge < -0.3 is 9.47 Å². The van der Waals surface area contributed by atoms with Crippen LogP contribution in [-0.2, 0) is 19.1 Å². The second-order valence-corrected chi connectivity index (χ2v) is 8.02. The number of rotatable bonds is 4. The Morgan fingerprint density at radius 1 is 0.833 bits per heavy atom. The van der Waals surface area contributed by atoms with Gasteiger partial charge in [0.05, 0.1) is 14.2 Å². The van der Waals surface area contributed by atoms with E-state index in [4.69, 9.17) is 9.47 Å². The number of benzene rings is 2. The summed E-state index contributed by atoms with van der Waals surface area (Å²) >= 11 is 0. The third kappa shape index (κ3) is 3.47. The fourth-order valence-corrected chi connectivity index (χ4v) is 4.93. The van der Waals surface area contributed by atoms with E-state index in [1.54, 1.807) is 0 Å². The van der Waals surface area contributed by atoms with Crippen LogP contribution in [0.4, 0.5) is 0 Å². The molecule has 1 fully saturated rings. The highest BCUT2D eigenvalue weighted by molar-refractivity contribution is 6.01. The van der Waals surface area contributed by atoms with Crippen molar-refractivity contribution >= 4 is 23.1 Å². The highest BCUT2D eigenvalue weighted by Crippen LogP contribution is 2.52. The van der Waals surface area contributed by atoms with Crippen LogP contribution >= 0.6 is 0 Å². The van der Waals surface area contributed by atoms with Crippen molar-refractivity contribution in [1.82, 2.24) is 0 Å². The smallest absolute Gasteiger partial charge is 0.323 e. The topological polar surface area (TPSA) is 52.6 Å². The Hall–Kier alpha value is -3.14. The van der Waals surface area contributed by atoms with Crippen LogP contribution < -0.4 is 0 Å². The van der Waals surface area contributed by atoms with E-state index in [2.05, 4.69) is 42.5 Å². The summed E-state index contributed by atoms with van der Waals surface area (Å²) in [7, 11) is 2.66. The fraction of sp³-hybridized carbons (Fsp3) is 0.308. The highest BCUT2D eigenvalue weighted by atomic mass is 16.5. The van der Waals surface area contributed by atoms with Gasteiger partial charge in [-0.15, -0.1) is 0 Å². The minimum atomic E-state index is -1.24. The van der Waals surface area contributed by atoms with Crippen molar-refractivity contribution in [2.75, 3.05) is 14.2 Å². The monoisotopic (exact) mass is 402 g/mol. The molecular formula is C26H26O4. The Balaban J connectivity index is 1.77. The van der Waals surface area contributed by atoms with Gasteiger partial charge in [-0.3, -0.25) is 9.59 Å². The summed E-state index contributed by atoms with van der Waals surface area (Å²) in [5.41, 5.74) is 4.85. The molecule has 30 heavy (non-hydrogen) atoms. The summed E-state index contributed by atoms with van der Waals surface area (Å²) in [6.45, 7) is 0. The maximum Gasteiger partial charge on any atom is 0.323 e. The van der Waals surface area contributed by atoms with Crippen molar-refractivity contribution in [3.05, 3.63) is 83.4 Å². The zero-order valence-corrected chi connectivity index (χ0v) is 17.4. The molecule has 1 atom stereocenters. The molecule has 2 aliphatic carbocycles. The lowest BCUT2D eigenvalue weighted by Crippen LogP contribution is -2.39. The quantitative estimate of drug-likeness (QED) is 0.407. The predicted molar refractivity (Wildman–Crippen MR) is 116 cm³/mol. The zero-order valence-electron chi connectivity index (χ0n) is 17.4. The number of hydrogen-bond acceptors (Lipinski definition) is 4. The van der Waals surface area contributed by atoms with Crippen molar-refractivity contribution in [3.63, 3.8) is 0 Å². The van der Waals surface area contributed by atoms with Crippen LogP contribution in [0.3, 0.4) is 0 Å². The average Bonchev–Trinajstić information content (AvgIpc) is 3.08. The number of ether oxygens (including phenoxy) is 2. The van der Waals surface area contributed by atoms with Crippen LogP contribution in [0.2, 0.25) is 0 Å². The first-order valence-corrected chi connectivity index (χ1v) is 10.3. The first-order valence-electron chi connectivity index (χ1n) is 10.3. The minimum Gasteiger partial charge on any atom is -0.468 e. The van der Waals surface area contributed by atoms with Crippen molar-refractivity contribution < 1.29 is 19.1 Å². The van der Waals surface area contributed by atoms with E-state index in [0.717, 1.165) is 18.4 Å². The van der Waals surface area contributed by atoms with Gasteiger partial charge in [0.2, 0.25) is 0 Å². The summed E-state index contributed by atoms with van der Waals surface area (Å²) in [6.07, 6.45) is 4.52. The Kier molecular flexibility index (Phi) is 5.58. The van der Waals surface area contributed by atoms with Gasteiger partial charge in [0, 0.05) is 0 Å². The molecule has 0 saturated heterocycles. The molecule has 0 aromatic heterocycles. The summed E-state index contributed by atoms with van der Waals surface area (Å²) in [5, 5.41) is 0. The molecule has 0 spiro atoms. The molecule has 0 bridgehead atoms. The van der Waals surface area contributed by atoms with E-state index >= 15 is 0 Å². The highest BCUT2D eigenvalue weighted by Gasteiger charge is 2.55. The van der Waals surface area contributed by atoms with E-state index in [-0.39, 0.29) is 5.92 Å². The molecule has 0 radical (unpaired) electrons. The number of hydrogen-bond donors (Lipinski definition) is 0. The molecule has 1 unspecified atom stereocenters. The van der Waals surface area contributed by atoms with Crippen LogP contribution in [0.5, 0.6) is 0 Å². The van der Waals surface area contributed by atoms with Crippen LogP contribution in [0.1, 0.15) is 36.8 Å². The molecule has 154 valence electrons. The zero-order chi connectivity index (χ0) is 21.1. The molecule has 0 amide bonds. The second-order valence-electron chi connectivity index (χ2n) is 8.02. The number of esters is 2. The number of carbonyl (C=O) groups is 2. The molecule has 4 heteroatoms. The lowest BCUT2D eigenvalue weighted by molar-refractivity contribution is -0.168. The number of allylic oxidation sites excluding steroid dienone is 4. The lowest BCUT2D eigenvalue weighted by atomic mass is 9.82. The third-order valence-corrected chi connectivity index (χ3v) is 6.41. The van der Waals surface area contributed by atoms with Crippen LogP contribution in [0.25, 0.3) is 11.1 Å². The summed E-state index contributed by atoms with van der Waals surface area (Å²) in [5.74, 6) is -0.909. The minimum absolute atomic E-state index is 0.0969. The van der Waals surface area contributed by atoms with Crippen molar-refractivity contribution in [2.24, 2.45) is 11.3 Å². The molecule has 4 rings (SSSR count). The largest absolute Gasteiger partial charge is 0.468 e. The number of methoxy groups -OCH3 is 2. The molecule has 2 aromatic carbocycles. The van der Waals surface area contributed by atoms with Gasteiger partial charge in [-0.1, -0.05) is 72.3 Å². The van der Waals surface area contributed by atoms with Crippen LogP contribution in [0.15, 0.2) is 72.3 Å². The average molecular weight is 402 g/mol. The van der Waals surface area contributed by atoms with Gasteiger partial charge >= 0.3 is 11.9 Å². The third-order valence-electron chi connectivity index (χ3n) is 6.41. The van der Waals surface area contributed by atoms with E-state index in [0.29, 0.717) is 12.8 Å². The number of carbonyl (C=O) groups excluding carboxylic acids is 2. The molecule has 1 saturated carbocycles. The summed E-state index contributed by atoms with van der Waals surface area (Å²) in [6, 6.07) is 20.8. The normalized spacial score (nSPS) is 20.1. The van der Waals surface area contributed by atoms with Crippen molar-refractivity contribution in [3.8, 4) is 0 Å². The molecule has 4 nitrogen and oxygen atoms in total. The predicted octanol–water partition coefficient (Wildman–Crippen LogP) is 5.06. The summed E-state index contributed by atoms with van der Waals surface area (Å²) < 4.78 is 10.0. The molecule has 0 aliphatic heterocycles. The van der Waals surface area contributed by atoms with Crippen LogP contribution in [-0.4, -0.2) is 26.2 Å². The molecular weight excluding hydrogens is 376 g/mol. The van der Waals surface area contributed by atoms with Gasteiger partial charge in [0.1, 0.15) is 0 Å². The maximum atomic E-state index is 12.6. The van der Waals surface area contributed by atoms with Crippen molar-refractivity contribution in [1.29, 1.82) is 0 Å². The van der Waals surface area contributed by atoms with Crippen LogP contribution in [0, 0.1) is 11.3 Å². The Labute approximate surface area is 177 Å². The molecule has 2 aromatic rings. The maximum absolute atomic E-state index is 12.6. The van der Waals surface area contributed by atoms with E-state index in [9.17, 15) is 9.59 Å². The van der Waals surface area contributed by atoms with Gasteiger partial charge in [0.25, 0.3) is 0 Å². The Morgan fingerprint density at radius 2 is 1.37 bits per heavy atom. The number of fused-ring (bicyclic) bond motifs is 1. The van der Waals surface area contributed by atoms with Crippen molar-refractivity contribution in [2.45, 2.75) is 25.7 Å². The van der Waals surface area contributed by atoms with Gasteiger partial charge in [-0.05, 0) is 53.9 Å². The lowest BCUT2D eigenvalue weighted by Gasteiger charge is -2.23. The molecule has 0 heterocycles. The van der Waals surface area contributed by atoms with E-state index < -0.39 is 17.4 Å². The van der Waals surface area contributed by atoms with Gasteiger partial charge in [-0.2, -0.15) is 0 Å². The second kappa shape index (κ2) is 8.31. The first kappa shape index (κ1) is 20.1. The summed E-state index contributed by atoms with van der Waals surface area (Å²) in [4.78, 5) is 25.3. The Morgan fingerprint density at radius 3 is 1.90 bits per heavy atom. The fourth-order valence-electron chi connectivity index (χ4n) is 4.93. The molecule has 0 N–H and O–H groups in total.